The van der Waals surface area contributed by atoms with E-state index in [2.05, 4.69) is 128 Å². The summed E-state index contributed by atoms with van der Waals surface area (Å²) in [6.45, 7) is 6.03. The van der Waals surface area contributed by atoms with Gasteiger partial charge in [-0.2, -0.15) is 35.0 Å². The normalized spacial score (nSPS) is 9.10. The summed E-state index contributed by atoms with van der Waals surface area (Å²) >= 11 is 0. The molecule has 1 radical (unpaired) electrons. The Morgan fingerprint density at radius 2 is 1.06 bits per heavy atom. The zero-order valence-electron chi connectivity index (χ0n) is 17.5. The molecule has 0 atom stereocenters. The molecule has 0 saturated heterocycles. The van der Waals surface area contributed by atoms with Gasteiger partial charge in [-0.05, 0) is 0 Å². The standard InChI is InChI=1S/C9H11Si.2C9H7.2ClH.Zr/c1-3-10(2)9-7-5-4-6-8-9;2*1-2-5-9-7-3-6-8(9)4-1;;;/h3-8H,1H2,2H3;2*1-7H;2*1H;/q;2*-1;;;+4/p-2. The second-order valence-corrected chi connectivity index (χ2v) is 8.91. The maximum atomic E-state index is 3.78. The maximum absolute atomic E-state index is 3.78. The first-order chi connectivity index (χ1) is 13.8. The number of rotatable bonds is 2. The van der Waals surface area contributed by atoms with Crippen molar-refractivity contribution in [2.75, 3.05) is 0 Å². The Kier molecular flexibility index (Phi) is 15.1. The molecule has 0 unspecified atom stereocenters. The molecule has 0 aliphatic carbocycles. The summed E-state index contributed by atoms with van der Waals surface area (Å²) in [7, 11) is -0.443. The minimum absolute atomic E-state index is 0. The minimum atomic E-state index is -0.443. The summed E-state index contributed by atoms with van der Waals surface area (Å²) in [6, 6.07) is 39.9. The van der Waals surface area contributed by atoms with Crippen molar-refractivity contribution in [1.82, 2.24) is 0 Å². The molecule has 5 aromatic rings. The molecule has 0 N–H and O–H groups in total. The van der Waals surface area contributed by atoms with Crippen molar-refractivity contribution >= 4 is 35.5 Å². The van der Waals surface area contributed by atoms with Crippen LogP contribution in [0.2, 0.25) is 6.55 Å². The average molecular weight is 540 g/mol. The fourth-order valence-corrected chi connectivity index (χ4v) is 3.91. The van der Waals surface area contributed by atoms with Gasteiger partial charge in [0.1, 0.15) is 8.80 Å². The molecular weight excluding hydrogens is 515 g/mol. The van der Waals surface area contributed by atoms with Gasteiger partial charge in [-0.1, -0.05) is 59.9 Å². The number of hydrogen-bond acceptors (Lipinski definition) is 0. The minimum Gasteiger partial charge on any atom is -1.00 e. The van der Waals surface area contributed by atoms with Gasteiger partial charge in [0.05, 0.1) is 0 Å². The fraction of sp³-hybridized carbons (Fsp3) is 0.0370. The topological polar surface area (TPSA) is 0 Å². The van der Waals surface area contributed by atoms with E-state index >= 15 is 0 Å². The van der Waals surface area contributed by atoms with Crippen LogP contribution in [0.3, 0.4) is 0 Å². The van der Waals surface area contributed by atoms with Gasteiger partial charge in [-0.15, -0.1) is 65.9 Å². The predicted octanol–water partition coefficient (Wildman–Crippen LogP) is 0.866. The van der Waals surface area contributed by atoms with Crippen LogP contribution >= 0.6 is 0 Å². The first kappa shape index (κ1) is 29.3. The molecule has 5 aromatic carbocycles. The smallest absolute Gasteiger partial charge is 1.00 e. The van der Waals surface area contributed by atoms with Gasteiger partial charge in [0.15, 0.2) is 0 Å². The van der Waals surface area contributed by atoms with Crippen LogP contribution in [0, 0.1) is 0 Å². The number of benzene rings is 3. The number of hydrogen-bond donors (Lipinski definition) is 0. The summed E-state index contributed by atoms with van der Waals surface area (Å²) in [5, 5.41) is 6.76. The molecule has 31 heavy (non-hydrogen) atoms. The summed E-state index contributed by atoms with van der Waals surface area (Å²) in [4.78, 5) is 0. The molecule has 5 rings (SSSR count). The van der Waals surface area contributed by atoms with Crippen molar-refractivity contribution in [3.8, 4) is 0 Å². The third-order valence-electron chi connectivity index (χ3n) is 4.63. The molecule has 4 heteroatoms. The van der Waals surface area contributed by atoms with Crippen molar-refractivity contribution in [2.45, 2.75) is 6.55 Å². The van der Waals surface area contributed by atoms with E-state index in [0.717, 1.165) is 0 Å². The van der Waals surface area contributed by atoms with Gasteiger partial charge in [-0.25, -0.2) is 0 Å². The second-order valence-electron chi connectivity index (χ2n) is 6.56. The summed E-state index contributed by atoms with van der Waals surface area (Å²) in [5.41, 5.74) is 2.06. The van der Waals surface area contributed by atoms with E-state index < -0.39 is 8.80 Å². The second kappa shape index (κ2) is 16.0. The quantitative estimate of drug-likeness (QED) is 0.231. The Balaban J connectivity index is 0.000000416. The van der Waals surface area contributed by atoms with Gasteiger partial charge in [0, 0.05) is 0 Å². The van der Waals surface area contributed by atoms with Crippen LogP contribution in [0.25, 0.3) is 21.5 Å². The van der Waals surface area contributed by atoms with Gasteiger partial charge in [-0.3, -0.25) is 0 Å². The van der Waals surface area contributed by atoms with Gasteiger partial charge >= 0.3 is 26.2 Å². The van der Waals surface area contributed by atoms with Crippen LogP contribution in [0.4, 0.5) is 0 Å². The molecule has 0 aliphatic rings. The first-order valence-electron chi connectivity index (χ1n) is 9.50. The molecular formula is C27H25Cl2SiZr. The van der Waals surface area contributed by atoms with Crippen molar-refractivity contribution < 1.29 is 51.0 Å². The third kappa shape index (κ3) is 9.13. The van der Waals surface area contributed by atoms with Crippen molar-refractivity contribution in [3.05, 3.63) is 128 Å². The molecule has 0 bridgehead atoms. The van der Waals surface area contributed by atoms with Gasteiger partial charge < -0.3 is 24.8 Å². The van der Waals surface area contributed by atoms with Crippen molar-refractivity contribution in [3.63, 3.8) is 0 Å². The molecule has 0 saturated carbocycles. The first-order valence-corrected chi connectivity index (χ1v) is 11.6. The van der Waals surface area contributed by atoms with E-state index in [1.807, 2.05) is 6.07 Å². The maximum Gasteiger partial charge on any atom is 4.00 e. The van der Waals surface area contributed by atoms with E-state index in [-0.39, 0.29) is 51.0 Å². The van der Waals surface area contributed by atoms with Gasteiger partial charge in [0.25, 0.3) is 0 Å². The molecule has 0 aliphatic heterocycles. The van der Waals surface area contributed by atoms with Crippen LogP contribution in [0.1, 0.15) is 0 Å². The predicted molar refractivity (Wildman–Crippen MR) is 127 cm³/mol. The van der Waals surface area contributed by atoms with Crippen LogP contribution in [0.15, 0.2) is 128 Å². The molecule has 0 heterocycles. The zero-order valence-corrected chi connectivity index (χ0v) is 22.5. The Labute approximate surface area is 219 Å². The Hall–Kier alpha value is -1.70. The van der Waals surface area contributed by atoms with E-state index in [0.29, 0.717) is 0 Å². The van der Waals surface area contributed by atoms with E-state index in [4.69, 9.17) is 0 Å². The van der Waals surface area contributed by atoms with Crippen LogP contribution < -0.4 is 30.0 Å². The summed E-state index contributed by atoms with van der Waals surface area (Å²) in [5.74, 6) is 0. The fourth-order valence-electron chi connectivity index (χ4n) is 2.96. The number of halogens is 2. The molecule has 0 spiro atoms. The SMILES string of the molecule is C=C[Si](C)c1ccccc1.[Cl-].[Cl-].[Zr+4].c1ccc2[cH-]ccc2c1.c1ccc2[cH-]ccc2c1. The Morgan fingerprint density at radius 1 is 0.645 bits per heavy atom. The average Bonchev–Trinajstić information content (AvgIpc) is 3.44. The van der Waals surface area contributed by atoms with Crippen LogP contribution in [-0.4, -0.2) is 8.80 Å². The monoisotopic (exact) mass is 537 g/mol. The molecule has 0 amide bonds. The molecule has 155 valence electrons. The largest absolute Gasteiger partial charge is 4.00 e. The summed E-state index contributed by atoms with van der Waals surface area (Å²) < 4.78 is 0. The van der Waals surface area contributed by atoms with Crippen LogP contribution in [0.5, 0.6) is 0 Å². The zero-order chi connectivity index (χ0) is 19.6. The third-order valence-corrected chi connectivity index (χ3v) is 6.49. The molecule has 0 fully saturated rings. The Bertz CT molecular complexity index is 989. The van der Waals surface area contributed by atoms with Crippen molar-refractivity contribution in [2.24, 2.45) is 0 Å². The molecule has 0 aromatic heterocycles. The van der Waals surface area contributed by atoms with Crippen LogP contribution in [-0.2, 0) is 26.2 Å². The van der Waals surface area contributed by atoms with Crippen molar-refractivity contribution in [1.29, 1.82) is 0 Å². The Morgan fingerprint density at radius 3 is 1.48 bits per heavy atom. The van der Waals surface area contributed by atoms with Gasteiger partial charge in [0.2, 0.25) is 0 Å². The van der Waals surface area contributed by atoms with E-state index in [1.54, 1.807) is 0 Å². The molecule has 0 nitrogen and oxygen atoms in total. The van der Waals surface area contributed by atoms with E-state index in [9.17, 15) is 0 Å². The number of fused-ring (bicyclic) bond motifs is 2. The summed E-state index contributed by atoms with van der Waals surface area (Å²) in [6.07, 6.45) is 0. The van der Waals surface area contributed by atoms with E-state index in [1.165, 1.54) is 26.7 Å².